The third-order valence-corrected chi connectivity index (χ3v) is 3.37. The summed E-state index contributed by atoms with van der Waals surface area (Å²) in [5.74, 6) is -0.248. The van der Waals surface area contributed by atoms with Gasteiger partial charge in [0, 0.05) is 9.13 Å². The van der Waals surface area contributed by atoms with Crippen molar-refractivity contribution in [2.45, 2.75) is 13.0 Å². The molecule has 0 aliphatic rings. The first-order chi connectivity index (χ1) is 8.08. The van der Waals surface area contributed by atoms with E-state index in [2.05, 4.69) is 22.6 Å². The second-order valence-corrected chi connectivity index (χ2v) is 5.30. The van der Waals surface area contributed by atoms with Gasteiger partial charge >= 0.3 is 0 Å². The van der Waals surface area contributed by atoms with Crippen LogP contribution in [0.1, 0.15) is 22.7 Å². The summed E-state index contributed by atoms with van der Waals surface area (Å²) in [6.45, 7) is 1.93. The van der Waals surface area contributed by atoms with Crippen molar-refractivity contribution in [3.63, 3.8) is 0 Å². The van der Waals surface area contributed by atoms with Crippen LogP contribution in [0.5, 0.6) is 0 Å². The molecule has 0 saturated carbocycles. The van der Waals surface area contributed by atoms with Crippen molar-refractivity contribution in [3.8, 4) is 0 Å². The highest BCUT2D eigenvalue weighted by Crippen LogP contribution is 2.24. The van der Waals surface area contributed by atoms with E-state index >= 15 is 0 Å². The molecular formula is C14H13FIN. The molecule has 2 aromatic carbocycles. The Morgan fingerprint density at radius 1 is 1.18 bits per heavy atom. The molecule has 0 fully saturated rings. The van der Waals surface area contributed by atoms with Gasteiger partial charge in [-0.25, -0.2) is 4.39 Å². The predicted octanol–water partition coefficient (Wildman–Crippen LogP) is 3.79. The van der Waals surface area contributed by atoms with E-state index in [0.717, 1.165) is 14.7 Å². The lowest BCUT2D eigenvalue weighted by atomic mass is 9.98. The van der Waals surface area contributed by atoms with Crippen LogP contribution in [0.2, 0.25) is 0 Å². The van der Waals surface area contributed by atoms with E-state index in [9.17, 15) is 4.39 Å². The van der Waals surface area contributed by atoms with Crippen molar-refractivity contribution >= 4 is 22.6 Å². The predicted molar refractivity (Wildman–Crippen MR) is 76.3 cm³/mol. The van der Waals surface area contributed by atoms with Crippen LogP contribution < -0.4 is 5.73 Å². The first kappa shape index (κ1) is 12.5. The maximum absolute atomic E-state index is 13.7. The Morgan fingerprint density at radius 3 is 2.65 bits per heavy atom. The van der Waals surface area contributed by atoms with E-state index in [4.69, 9.17) is 5.73 Å². The fourth-order valence-electron chi connectivity index (χ4n) is 1.78. The zero-order valence-corrected chi connectivity index (χ0v) is 11.6. The molecule has 2 rings (SSSR count). The van der Waals surface area contributed by atoms with Crippen LogP contribution in [0.25, 0.3) is 0 Å². The van der Waals surface area contributed by atoms with Gasteiger partial charge in [0.15, 0.2) is 0 Å². The highest BCUT2D eigenvalue weighted by Gasteiger charge is 2.13. The average Bonchev–Trinajstić information content (AvgIpc) is 2.31. The summed E-state index contributed by atoms with van der Waals surface area (Å²) in [5, 5.41) is 0. The second kappa shape index (κ2) is 5.14. The number of halogens is 2. The lowest BCUT2D eigenvalue weighted by molar-refractivity contribution is 0.599. The van der Waals surface area contributed by atoms with Gasteiger partial charge < -0.3 is 5.73 Å². The molecule has 0 aromatic heterocycles. The normalized spacial score (nSPS) is 12.5. The minimum atomic E-state index is -0.412. The third kappa shape index (κ3) is 2.84. The number of benzene rings is 2. The molecule has 0 aliphatic carbocycles. The summed E-state index contributed by atoms with van der Waals surface area (Å²) in [6.07, 6.45) is 0. The van der Waals surface area contributed by atoms with Gasteiger partial charge in [-0.15, -0.1) is 0 Å². The van der Waals surface area contributed by atoms with Crippen LogP contribution in [0.15, 0.2) is 42.5 Å². The third-order valence-electron chi connectivity index (χ3n) is 2.69. The molecule has 2 N–H and O–H groups in total. The van der Waals surface area contributed by atoms with Gasteiger partial charge in [-0.3, -0.25) is 0 Å². The van der Waals surface area contributed by atoms with Gasteiger partial charge in [0.05, 0.1) is 6.04 Å². The van der Waals surface area contributed by atoms with E-state index < -0.39 is 6.04 Å². The van der Waals surface area contributed by atoms with Crippen molar-refractivity contribution < 1.29 is 4.39 Å². The summed E-state index contributed by atoms with van der Waals surface area (Å²) in [5.41, 5.74) is 8.61. The molecule has 2 aromatic rings. The van der Waals surface area contributed by atoms with Gasteiger partial charge in [-0.05, 0) is 53.3 Å². The highest BCUT2D eigenvalue weighted by molar-refractivity contribution is 14.1. The standard InChI is InChI=1S/C14H13FIN/c1-9-5-6-13(15)12(7-9)14(17)10-3-2-4-11(16)8-10/h2-8,14H,17H2,1H3. The second-order valence-electron chi connectivity index (χ2n) is 4.06. The topological polar surface area (TPSA) is 26.0 Å². The SMILES string of the molecule is Cc1ccc(F)c(C(N)c2cccc(I)c2)c1. The fraction of sp³-hybridized carbons (Fsp3) is 0.143. The molecule has 88 valence electrons. The largest absolute Gasteiger partial charge is 0.320 e. The minimum absolute atomic E-state index is 0.248. The Hall–Kier alpha value is -0.940. The highest BCUT2D eigenvalue weighted by atomic mass is 127. The lowest BCUT2D eigenvalue weighted by Crippen LogP contribution is -2.14. The van der Waals surface area contributed by atoms with Crippen LogP contribution in [0, 0.1) is 16.3 Å². The van der Waals surface area contributed by atoms with Gasteiger partial charge in [0.2, 0.25) is 0 Å². The Labute approximate surface area is 114 Å². The molecule has 0 aliphatic heterocycles. The van der Waals surface area contributed by atoms with E-state index in [1.54, 1.807) is 12.1 Å². The summed E-state index contributed by atoms with van der Waals surface area (Å²) in [4.78, 5) is 0. The van der Waals surface area contributed by atoms with Crippen LogP contribution in [0.3, 0.4) is 0 Å². The van der Waals surface area contributed by atoms with E-state index in [-0.39, 0.29) is 5.82 Å². The number of hydrogen-bond acceptors (Lipinski definition) is 1. The summed E-state index contributed by atoms with van der Waals surface area (Å²) in [6, 6.07) is 12.4. The molecule has 0 saturated heterocycles. The molecule has 0 radical (unpaired) electrons. The molecular weight excluding hydrogens is 328 g/mol. The first-order valence-corrected chi connectivity index (χ1v) is 6.43. The van der Waals surface area contributed by atoms with E-state index in [1.807, 2.05) is 31.2 Å². The molecule has 17 heavy (non-hydrogen) atoms. The number of nitrogens with two attached hydrogens (primary N) is 1. The Morgan fingerprint density at radius 2 is 1.94 bits per heavy atom. The van der Waals surface area contributed by atoms with Crippen molar-refractivity contribution in [2.75, 3.05) is 0 Å². The summed E-state index contributed by atoms with van der Waals surface area (Å²) < 4.78 is 14.8. The summed E-state index contributed by atoms with van der Waals surface area (Å²) in [7, 11) is 0. The number of rotatable bonds is 2. The van der Waals surface area contributed by atoms with Crippen molar-refractivity contribution in [1.82, 2.24) is 0 Å². The smallest absolute Gasteiger partial charge is 0.128 e. The summed E-state index contributed by atoms with van der Waals surface area (Å²) >= 11 is 2.22. The van der Waals surface area contributed by atoms with Gasteiger partial charge in [-0.1, -0.05) is 29.8 Å². The van der Waals surface area contributed by atoms with Gasteiger partial charge in [0.1, 0.15) is 5.82 Å². The molecule has 0 heterocycles. The Bertz CT molecular complexity index is 539. The number of hydrogen-bond donors (Lipinski definition) is 1. The fourth-order valence-corrected chi connectivity index (χ4v) is 2.35. The maximum atomic E-state index is 13.7. The zero-order valence-electron chi connectivity index (χ0n) is 9.45. The molecule has 0 bridgehead atoms. The van der Waals surface area contributed by atoms with E-state index in [0.29, 0.717) is 5.56 Å². The average molecular weight is 341 g/mol. The monoisotopic (exact) mass is 341 g/mol. The molecule has 1 atom stereocenters. The maximum Gasteiger partial charge on any atom is 0.128 e. The zero-order chi connectivity index (χ0) is 12.4. The molecule has 1 unspecified atom stereocenters. The van der Waals surface area contributed by atoms with Crippen molar-refractivity contribution in [1.29, 1.82) is 0 Å². The minimum Gasteiger partial charge on any atom is -0.320 e. The van der Waals surface area contributed by atoms with Crippen LogP contribution in [-0.4, -0.2) is 0 Å². The molecule has 0 spiro atoms. The lowest BCUT2D eigenvalue weighted by Gasteiger charge is -2.14. The molecule has 3 heteroatoms. The van der Waals surface area contributed by atoms with Crippen LogP contribution >= 0.6 is 22.6 Å². The van der Waals surface area contributed by atoms with Crippen LogP contribution in [-0.2, 0) is 0 Å². The molecule has 0 amide bonds. The quantitative estimate of drug-likeness (QED) is 0.827. The Balaban J connectivity index is 2.43. The van der Waals surface area contributed by atoms with Crippen LogP contribution in [0.4, 0.5) is 4.39 Å². The van der Waals surface area contributed by atoms with Crippen molar-refractivity contribution in [3.05, 3.63) is 68.5 Å². The Kier molecular flexibility index (Phi) is 3.79. The van der Waals surface area contributed by atoms with Crippen molar-refractivity contribution in [2.24, 2.45) is 5.73 Å². The van der Waals surface area contributed by atoms with E-state index in [1.165, 1.54) is 6.07 Å². The van der Waals surface area contributed by atoms with Gasteiger partial charge in [-0.2, -0.15) is 0 Å². The first-order valence-electron chi connectivity index (χ1n) is 5.35. The van der Waals surface area contributed by atoms with Gasteiger partial charge in [0.25, 0.3) is 0 Å². The number of aryl methyl sites for hydroxylation is 1. The molecule has 1 nitrogen and oxygen atoms in total.